The largest absolute Gasteiger partial charge is 0.444 e. The summed E-state index contributed by atoms with van der Waals surface area (Å²) in [4.78, 5) is 37.7. The van der Waals surface area contributed by atoms with Crippen LogP contribution in [0.3, 0.4) is 0 Å². The Morgan fingerprint density at radius 3 is 2.27 bits per heavy atom. The van der Waals surface area contributed by atoms with Gasteiger partial charge in [0.1, 0.15) is 12.1 Å². The first kappa shape index (κ1) is 23.5. The molecule has 1 aliphatic rings. The van der Waals surface area contributed by atoms with Crippen LogP contribution in [0.4, 0.5) is 18.0 Å². The molecule has 7 nitrogen and oxygen atoms in total. The minimum Gasteiger partial charge on any atom is -0.444 e. The van der Waals surface area contributed by atoms with Crippen LogP contribution in [0.1, 0.15) is 49.5 Å². The maximum Gasteiger partial charge on any atom is 0.417 e. The van der Waals surface area contributed by atoms with Gasteiger partial charge in [0.25, 0.3) is 5.91 Å². The van der Waals surface area contributed by atoms with Gasteiger partial charge in [0.2, 0.25) is 5.91 Å². The van der Waals surface area contributed by atoms with Crippen LogP contribution in [0.5, 0.6) is 0 Å². The summed E-state index contributed by atoms with van der Waals surface area (Å²) < 4.78 is 44.3. The molecule has 10 heteroatoms. The standard InChI is InChI=1S/C20H26F3N3O4/c1-19(2,3)30-18(29)24-12-16(27)26-10-8-13(9-11-26)25-17(28)14-6-4-5-7-15(14)20(21,22)23/h4-7,13H,8-12H2,1-3H3,(H,24,29)(H,25,28). The van der Waals surface area contributed by atoms with Gasteiger partial charge in [-0.1, -0.05) is 12.1 Å². The van der Waals surface area contributed by atoms with Crippen LogP contribution in [0.2, 0.25) is 0 Å². The van der Waals surface area contributed by atoms with E-state index in [2.05, 4.69) is 10.6 Å². The molecule has 1 heterocycles. The van der Waals surface area contributed by atoms with Gasteiger partial charge in [-0.15, -0.1) is 0 Å². The quantitative estimate of drug-likeness (QED) is 0.771. The molecule has 0 bridgehead atoms. The summed E-state index contributed by atoms with van der Waals surface area (Å²) in [5.74, 6) is -1.09. The maximum absolute atomic E-state index is 13.1. The van der Waals surface area contributed by atoms with E-state index in [-0.39, 0.29) is 18.5 Å². The molecule has 0 radical (unpaired) electrons. The van der Waals surface area contributed by atoms with Gasteiger partial charge in [-0.3, -0.25) is 9.59 Å². The molecule has 166 valence electrons. The predicted molar refractivity (Wildman–Crippen MR) is 103 cm³/mol. The first-order valence-electron chi connectivity index (χ1n) is 9.58. The number of halogens is 3. The molecule has 0 unspecified atom stereocenters. The number of alkyl halides is 3. The highest BCUT2D eigenvalue weighted by Gasteiger charge is 2.35. The van der Waals surface area contributed by atoms with Gasteiger partial charge in [-0.25, -0.2) is 4.79 Å². The second-order valence-corrected chi connectivity index (χ2v) is 8.03. The van der Waals surface area contributed by atoms with Crippen molar-refractivity contribution in [3.63, 3.8) is 0 Å². The van der Waals surface area contributed by atoms with Crippen molar-refractivity contribution in [3.05, 3.63) is 35.4 Å². The Kier molecular flexibility index (Phi) is 7.33. The zero-order valence-electron chi connectivity index (χ0n) is 17.1. The van der Waals surface area contributed by atoms with Gasteiger partial charge < -0.3 is 20.3 Å². The third kappa shape index (κ3) is 6.93. The average molecular weight is 429 g/mol. The maximum atomic E-state index is 13.1. The molecule has 3 amide bonds. The third-order valence-corrected chi connectivity index (χ3v) is 4.44. The molecule has 1 aromatic rings. The zero-order chi connectivity index (χ0) is 22.5. The lowest BCUT2D eigenvalue weighted by molar-refractivity contribution is -0.138. The Morgan fingerprint density at radius 1 is 1.10 bits per heavy atom. The summed E-state index contributed by atoms with van der Waals surface area (Å²) in [6.07, 6.45) is -4.51. The van der Waals surface area contributed by atoms with Gasteiger partial charge >= 0.3 is 12.3 Å². The van der Waals surface area contributed by atoms with E-state index >= 15 is 0 Å². The van der Waals surface area contributed by atoms with Crippen LogP contribution in [0.15, 0.2) is 24.3 Å². The number of hydrogen-bond acceptors (Lipinski definition) is 4. The van der Waals surface area contributed by atoms with Crippen molar-refractivity contribution in [1.82, 2.24) is 15.5 Å². The molecule has 1 aromatic carbocycles. The number of nitrogens with one attached hydrogen (secondary N) is 2. The lowest BCUT2D eigenvalue weighted by atomic mass is 10.0. The molecule has 0 spiro atoms. The molecular formula is C20H26F3N3O4. The average Bonchev–Trinajstić information content (AvgIpc) is 2.64. The minimum absolute atomic E-state index is 0.217. The van der Waals surface area contributed by atoms with E-state index in [0.717, 1.165) is 12.1 Å². The van der Waals surface area contributed by atoms with Crippen LogP contribution in [-0.4, -0.2) is 54.1 Å². The first-order valence-corrected chi connectivity index (χ1v) is 9.58. The second-order valence-electron chi connectivity index (χ2n) is 8.03. The summed E-state index contributed by atoms with van der Waals surface area (Å²) in [6.45, 7) is 5.55. The zero-order valence-corrected chi connectivity index (χ0v) is 17.1. The summed E-state index contributed by atoms with van der Waals surface area (Å²) in [5, 5.41) is 5.01. The molecule has 2 N–H and O–H groups in total. The van der Waals surface area contributed by atoms with Crippen LogP contribution in [0, 0.1) is 0 Å². The highest BCUT2D eigenvalue weighted by Crippen LogP contribution is 2.31. The first-order chi connectivity index (χ1) is 13.9. The van der Waals surface area contributed by atoms with Crippen molar-refractivity contribution in [2.24, 2.45) is 0 Å². The van der Waals surface area contributed by atoms with E-state index in [9.17, 15) is 27.6 Å². The van der Waals surface area contributed by atoms with Gasteiger partial charge in [0.15, 0.2) is 0 Å². The molecule has 1 aliphatic heterocycles. The summed E-state index contributed by atoms with van der Waals surface area (Å²) in [6, 6.07) is 4.27. The molecule has 0 aromatic heterocycles. The number of carbonyl (C=O) groups is 3. The number of piperidine rings is 1. The number of amides is 3. The van der Waals surface area contributed by atoms with E-state index < -0.39 is 34.9 Å². The predicted octanol–water partition coefficient (Wildman–Crippen LogP) is 2.95. The minimum atomic E-state index is -4.62. The molecule has 0 atom stereocenters. The van der Waals surface area contributed by atoms with E-state index in [1.165, 1.54) is 17.0 Å². The monoisotopic (exact) mass is 429 g/mol. The van der Waals surface area contributed by atoms with Crippen molar-refractivity contribution < 1.29 is 32.3 Å². The molecule has 30 heavy (non-hydrogen) atoms. The normalized spacial score (nSPS) is 15.5. The summed E-state index contributed by atoms with van der Waals surface area (Å²) in [5.41, 5.74) is -2.08. The lowest BCUT2D eigenvalue weighted by Gasteiger charge is -2.32. The van der Waals surface area contributed by atoms with E-state index in [0.29, 0.717) is 25.9 Å². The third-order valence-electron chi connectivity index (χ3n) is 4.44. The Bertz CT molecular complexity index is 782. The number of ether oxygens (including phenoxy) is 1. The second kappa shape index (κ2) is 9.36. The highest BCUT2D eigenvalue weighted by molar-refractivity contribution is 5.96. The van der Waals surface area contributed by atoms with Crippen molar-refractivity contribution in [3.8, 4) is 0 Å². The van der Waals surface area contributed by atoms with E-state index in [1.807, 2.05) is 0 Å². The SMILES string of the molecule is CC(C)(C)OC(=O)NCC(=O)N1CCC(NC(=O)c2ccccc2C(F)(F)F)CC1. The van der Waals surface area contributed by atoms with Crippen molar-refractivity contribution in [2.45, 2.75) is 51.4 Å². The van der Waals surface area contributed by atoms with Crippen molar-refractivity contribution in [1.29, 1.82) is 0 Å². The lowest BCUT2D eigenvalue weighted by Crippen LogP contribution is -2.49. The number of hydrogen-bond donors (Lipinski definition) is 2. The summed E-state index contributed by atoms with van der Waals surface area (Å²) >= 11 is 0. The Morgan fingerprint density at radius 2 is 1.70 bits per heavy atom. The molecule has 0 aliphatic carbocycles. The highest BCUT2D eigenvalue weighted by atomic mass is 19.4. The fourth-order valence-corrected chi connectivity index (χ4v) is 3.04. The van der Waals surface area contributed by atoms with Crippen molar-refractivity contribution >= 4 is 17.9 Å². The number of rotatable bonds is 4. The smallest absolute Gasteiger partial charge is 0.417 e. The van der Waals surface area contributed by atoms with E-state index in [4.69, 9.17) is 4.74 Å². The Hall–Kier alpha value is -2.78. The summed E-state index contributed by atoms with van der Waals surface area (Å²) in [7, 11) is 0. The van der Waals surface area contributed by atoms with Crippen LogP contribution >= 0.6 is 0 Å². The fraction of sp³-hybridized carbons (Fsp3) is 0.550. The molecular weight excluding hydrogens is 403 g/mol. The molecule has 1 saturated heterocycles. The molecule has 0 saturated carbocycles. The Labute approximate surface area is 172 Å². The number of carbonyl (C=O) groups excluding carboxylic acids is 3. The molecule has 2 rings (SSSR count). The number of nitrogens with zero attached hydrogens (tertiary/aromatic N) is 1. The van der Waals surface area contributed by atoms with Gasteiger partial charge in [-0.2, -0.15) is 13.2 Å². The molecule has 1 fully saturated rings. The van der Waals surface area contributed by atoms with Gasteiger partial charge in [0, 0.05) is 19.1 Å². The number of benzene rings is 1. The van der Waals surface area contributed by atoms with Crippen LogP contribution < -0.4 is 10.6 Å². The number of alkyl carbamates (subject to hydrolysis) is 1. The van der Waals surface area contributed by atoms with Crippen LogP contribution in [-0.2, 0) is 15.7 Å². The van der Waals surface area contributed by atoms with Gasteiger partial charge in [-0.05, 0) is 45.7 Å². The van der Waals surface area contributed by atoms with Gasteiger partial charge in [0.05, 0.1) is 11.1 Å². The Balaban J connectivity index is 1.83. The number of likely N-dealkylation sites (tertiary alicyclic amines) is 1. The van der Waals surface area contributed by atoms with E-state index in [1.54, 1.807) is 20.8 Å². The topological polar surface area (TPSA) is 87.7 Å². The van der Waals surface area contributed by atoms with Crippen LogP contribution in [0.25, 0.3) is 0 Å². The fourth-order valence-electron chi connectivity index (χ4n) is 3.04. The van der Waals surface area contributed by atoms with Crippen molar-refractivity contribution in [2.75, 3.05) is 19.6 Å².